The van der Waals surface area contributed by atoms with Crippen molar-refractivity contribution in [1.29, 1.82) is 0 Å². The SMILES string of the molecule is Cn1ccc(CC(NN)C(C)(C)N2CCCC2)n1. The molecule has 18 heavy (non-hydrogen) atoms. The van der Waals surface area contributed by atoms with Crippen LogP contribution in [0.25, 0.3) is 0 Å². The van der Waals surface area contributed by atoms with Crippen molar-refractivity contribution < 1.29 is 0 Å². The van der Waals surface area contributed by atoms with Gasteiger partial charge in [0.05, 0.1) is 5.69 Å². The molecule has 1 fully saturated rings. The van der Waals surface area contributed by atoms with Crippen molar-refractivity contribution in [3.63, 3.8) is 0 Å². The van der Waals surface area contributed by atoms with Crippen molar-refractivity contribution in [3.8, 4) is 0 Å². The van der Waals surface area contributed by atoms with Gasteiger partial charge in [0.1, 0.15) is 0 Å². The summed E-state index contributed by atoms with van der Waals surface area (Å²) >= 11 is 0. The van der Waals surface area contributed by atoms with E-state index < -0.39 is 0 Å². The van der Waals surface area contributed by atoms with Crippen molar-refractivity contribution in [2.45, 2.75) is 44.7 Å². The second kappa shape index (κ2) is 5.38. The van der Waals surface area contributed by atoms with Gasteiger partial charge >= 0.3 is 0 Å². The molecule has 0 spiro atoms. The third-order valence-electron chi connectivity index (χ3n) is 4.16. The molecule has 5 heteroatoms. The number of hydrogen-bond donors (Lipinski definition) is 2. The second-order valence-corrected chi connectivity index (χ2v) is 5.75. The van der Waals surface area contributed by atoms with Crippen LogP contribution in [0.1, 0.15) is 32.4 Å². The van der Waals surface area contributed by atoms with E-state index in [1.54, 1.807) is 0 Å². The zero-order valence-corrected chi connectivity index (χ0v) is 11.7. The number of hydrazine groups is 1. The summed E-state index contributed by atoms with van der Waals surface area (Å²) in [6.07, 6.45) is 5.43. The van der Waals surface area contributed by atoms with Crippen LogP contribution in [0.4, 0.5) is 0 Å². The topological polar surface area (TPSA) is 59.1 Å². The number of likely N-dealkylation sites (tertiary alicyclic amines) is 1. The van der Waals surface area contributed by atoms with Gasteiger partial charge in [0.15, 0.2) is 0 Å². The minimum absolute atomic E-state index is 0.0583. The minimum atomic E-state index is 0.0583. The fraction of sp³-hybridized carbons (Fsp3) is 0.769. The lowest BCUT2D eigenvalue weighted by atomic mass is 9.89. The Morgan fingerprint density at radius 3 is 2.61 bits per heavy atom. The zero-order chi connectivity index (χ0) is 13.2. The molecule has 102 valence electrons. The molecule has 1 aromatic rings. The van der Waals surface area contributed by atoms with Crippen LogP contribution >= 0.6 is 0 Å². The van der Waals surface area contributed by atoms with E-state index in [4.69, 9.17) is 5.84 Å². The number of rotatable bonds is 5. The monoisotopic (exact) mass is 251 g/mol. The van der Waals surface area contributed by atoms with Gasteiger partial charge in [-0.1, -0.05) is 0 Å². The van der Waals surface area contributed by atoms with Crippen LogP contribution in [-0.2, 0) is 13.5 Å². The number of hydrogen-bond acceptors (Lipinski definition) is 4. The first-order chi connectivity index (χ1) is 8.54. The van der Waals surface area contributed by atoms with Crippen molar-refractivity contribution >= 4 is 0 Å². The summed E-state index contributed by atoms with van der Waals surface area (Å²) < 4.78 is 1.84. The largest absolute Gasteiger partial charge is 0.297 e. The lowest BCUT2D eigenvalue weighted by Crippen LogP contribution is -2.59. The molecule has 2 rings (SSSR count). The molecule has 1 saturated heterocycles. The van der Waals surface area contributed by atoms with Crippen molar-refractivity contribution in [1.82, 2.24) is 20.1 Å². The van der Waals surface area contributed by atoms with Crippen molar-refractivity contribution in [2.24, 2.45) is 12.9 Å². The van der Waals surface area contributed by atoms with Gasteiger partial charge < -0.3 is 0 Å². The van der Waals surface area contributed by atoms with E-state index >= 15 is 0 Å². The Morgan fingerprint density at radius 1 is 1.44 bits per heavy atom. The van der Waals surface area contributed by atoms with Crippen molar-refractivity contribution in [3.05, 3.63) is 18.0 Å². The van der Waals surface area contributed by atoms with Gasteiger partial charge in [0.2, 0.25) is 0 Å². The molecule has 5 nitrogen and oxygen atoms in total. The molecule has 0 saturated carbocycles. The summed E-state index contributed by atoms with van der Waals surface area (Å²) in [6, 6.07) is 2.27. The Hall–Kier alpha value is -0.910. The van der Waals surface area contributed by atoms with Gasteiger partial charge in [-0.3, -0.25) is 20.9 Å². The predicted octanol–water partition coefficient (Wildman–Crippen LogP) is 0.669. The second-order valence-electron chi connectivity index (χ2n) is 5.75. The maximum atomic E-state index is 5.77. The third kappa shape index (κ3) is 2.74. The quantitative estimate of drug-likeness (QED) is 0.596. The summed E-state index contributed by atoms with van der Waals surface area (Å²) in [4.78, 5) is 2.53. The van der Waals surface area contributed by atoms with Crippen LogP contribution in [0.15, 0.2) is 12.3 Å². The first kappa shape index (κ1) is 13.5. The standard InChI is InChI=1S/C13H25N5/c1-13(2,18-7-4-5-8-18)12(15-14)10-11-6-9-17(3)16-11/h6,9,12,15H,4-5,7-8,10,14H2,1-3H3. The molecule has 1 atom stereocenters. The minimum Gasteiger partial charge on any atom is -0.297 e. The van der Waals surface area contributed by atoms with E-state index in [0.717, 1.165) is 12.1 Å². The maximum Gasteiger partial charge on any atom is 0.0641 e. The van der Waals surface area contributed by atoms with E-state index in [-0.39, 0.29) is 11.6 Å². The van der Waals surface area contributed by atoms with Gasteiger partial charge in [-0.25, -0.2) is 0 Å². The lowest BCUT2D eigenvalue weighted by Gasteiger charge is -2.41. The van der Waals surface area contributed by atoms with E-state index in [1.165, 1.54) is 25.9 Å². The fourth-order valence-electron chi connectivity index (χ4n) is 2.81. The number of nitrogens with zero attached hydrogens (tertiary/aromatic N) is 3. The highest BCUT2D eigenvalue weighted by molar-refractivity contribution is 5.06. The first-order valence-electron chi connectivity index (χ1n) is 6.73. The van der Waals surface area contributed by atoms with E-state index in [2.05, 4.69) is 35.3 Å². The lowest BCUT2D eigenvalue weighted by molar-refractivity contribution is 0.106. The molecule has 0 radical (unpaired) electrons. The van der Waals surface area contributed by atoms with Gasteiger partial charge in [-0.05, 0) is 45.8 Å². The van der Waals surface area contributed by atoms with Crippen LogP contribution in [0.2, 0.25) is 0 Å². The van der Waals surface area contributed by atoms with Gasteiger partial charge in [0.25, 0.3) is 0 Å². The highest BCUT2D eigenvalue weighted by atomic mass is 15.3. The summed E-state index contributed by atoms with van der Waals surface area (Å²) in [5, 5.41) is 4.44. The molecule has 3 N–H and O–H groups in total. The normalized spacial score (nSPS) is 19.3. The Bertz CT molecular complexity index is 378. The molecule has 1 aliphatic rings. The highest BCUT2D eigenvalue weighted by Gasteiger charge is 2.36. The molecule has 0 aromatic carbocycles. The molecule has 0 bridgehead atoms. The smallest absolute Gasteiger partial charge is 0.0641 e. The Balaban J connectivity index is 2.06. The summed E-state index contributed by atoms with van der Waals surface area (Å²) in [5.41, 5.74) is 4.13. The Labute approximate surface area is 109 Å². The van der Waals surface area contributed by atoms with Gasteiger partial charge in [0, 0.05) is 31.2 Å². The summed E-state index contributed by atoms with van der Waals surface area (Å²) in [5.74, 6) is 5.77. The molecular formula is C13H25N5. The summed E-state index contributed by atoms with van der Waals surface area (Å²) in [7, 11) is 1.94. The predicted molar refractivity (Wildman–Crippen MR) is 72.9 cm³/mol. The average Bonchev–Trinajstić information content (AvgIpc) is 2.96. The number of nitrogens with one attached hydrogen (secondary N) is 1. The Morgan fingerprint density at radius 2 is 2.11 bits per heavy atom. The van der Waals surface area contributed by atoms with Crippen molar-refractivity contribution in [2.75, 3.05) is 13.1 Å². The fourth-order valence-corrected chi connectivity index (χ4v) is 2.81. The van der Waals surface area contributed by atoms with E-state index in [0.29, 0.717) is 0 Å². The number of nitrogens with two attached hydrogens (primary N) is 1. The molecule has 0 aliphatic carbocycles. The van der Waals surface area contributed by atoms with Crippen LogP contribution in [-0.4, -0.2) is 39.4 Å². The zero-order valence-electron chi connectivity index (χ0n) is 11.7. The molecule has 2 heterocycles. The maximum absolute atomic E-state index is 5.77. The molecule has 1 unspecified atom stereocenters. The van der Waals surface area contributed by atoms with Crippen LogP contribution in [0.3, 0.4) is 0 Å². The first-order valence-corrected chi connectivity index (χ1v) is 6.73. The molecule has 1 aliphatic heterocycles. The van der Waals surface area contributed by atoms with E-state index in [1.807, 2.05) is 17.9 Å². The van der Waals surface area contributed by atoms with Crippen LogP contribution in [0.5, 0.6) is 0 Å². The van der Waals surface area contributed by atoms with E-state index in [9.17, 15) is 0 Å². The van der Waals surface area contributed by atoms with Gasteiger partial charge in [-0.15, -0.1) is 0 Å². The summed E-state index contributed by atoms with van der Waals surface area (Å²) in [6.45, 7) is 6.89. The molecular weight excluding hydrogens is 226 g/mol. The van der Waals surface area contributed by atoms with Crippen LogP contribution in [0, 0.1) is 0 Å². The highest BCUT2D eigenvalue weighted by Crippen LogP contribution is 2.25. The number of aryl methyl sites for hydroxylation is 1. The van der Waals surface area contributed by atoms with Crippen LogP contribution < -0.4 is 11.3 Å². The third-order valence-corrected chi connectivity index (χ3v) is 4.16. The Kier molecular flexibility index (Phi) is 4.04. The molecule has 0 amide bonds. The number of aromatic nitrogens is 2. The average molecular weight is 251 g/mol. The van der Waals surface area contributed by atoms with Gasteiger partial charge in [-0.2, -0.15) is 5.10 Å². The molecule has 1 aromatic heterocycles.